The number of methoxy groups -OCH3 is 1. The molecule has 1 atom stereocenters. The Morgan fingerprint density at radius 2 is 2.11 bits per heavy atom. The molecule has 3 heteroatoms. The molecule has 102 valence electrons. The van der Waals surface area contributed by atoms with E-state index < -0.39 is 0 Å². The Morgan fingerprint density at radius 3 is 2.72 bits per heavy atom. The Bertz CT molecular complexity index is 352. The second-order valence-electron chi connectivity index (χ2n) is 4.59. The zero-order valence-electron chi connectivity index (χ0n) is 12.0. The Balaban J connectivity index is 2.68. The van der Waals surface area contributed by atoms with E-state index in [1.807, 2.05) is 13.1 Å². The van der Waals surface area contributed by atoms with Crippen molar-refractivity contribution in [1.82, 2.24) is 5.32 Å². The van der Waals surface area contributed by atoms with Gasteiger partial charge in [0.25, 0.3) is 0 Å². The third kappa shape index (κ3) is 4.67. The smallest absolute Gasteiger partial charge is 0.124 e. The molecule has 1 rings (SSSR count). The summed E-state index contributed by atoms with van der Waals surface area (Å²) < 4.78 is 11.2. The lowest BCUT2D eigenvalue weighted by atomic mass is 10.1. The third-order valence-corrected chi connectivity index (χ3v) is 2.94. The van der Waals surface area contributed by atoms with Crippen molar-refractivity contribution >= 4 is 0 Å². The van der Waals surface area contributed by atoms with Crippen molar-refractivity contribution < 1.29 is 9.47 Å². The molecule has 18 heavy (non-hydrogen) atoms. The monoisotopic (exact) mass is 251 g/mol. The number of nitrogens with one attached hydrogen (secondary N) is 1. The quantitative estimate of drug-likeness (QED) is 0.770. The van der Waals surface area contributed by atoms with Gasteiger partial charge in [0.15, 0.2) is 0 Å². The number of ether oxygens (including phenoxy) is 2. The molecule has 1 unspecified atom stereocenters. The molecule has 0 aliphatic heterocycles. The van der Waals surface area contributed by atoms with Crippen LogP contribution >= 0.6 is 0 Å². The molecule has 3 nitrogen and oxygen atoms in total. The van der Waals surface area contributed by atoms with Gasteiger partial charge in [0.1, 0.15) is 5.75 Å². The largest absolute Gasteiger partial charge is 0.496 e. The van der Waals surface area contributed by atoms with E-state index in [1.54, 1.807) is 7.11 Å². The Labute approximate surface area is 110 Å². The van der Waals surface area contributed by atoms with E-state index in [9.17, 15) is 0 Å². The summed E-state index contributed by atoms with van der Waals surface area (Å²) in [5, 5.41) is 3.15. The fourth-order valence-electron chi connectivity index (χ4n) is 1.98. The Kier molecular flexibility index (Phi) is 6.76. The van der Waals surface area contributed by atoms with Crippen LogP contribution in [0.25, 0.3) is 0 Å². The minimum absolute atomic E-state index is 0.299. The van der Waals surface area contributed by atoms with Crippen LogP contribution in [-0.2, 0) is 17.9 Å². The summed E-state index contributed by atoms with van der Waals surface area (Å²) in [7, 11) is 3.65. The lowest BCUT2D eigenvalue weighted by molar-refractivity contribution is 0.0460. The molecule has 0 aliphatic carbocycles. The first-order chi connectivity index (χ1) is 8.71. The maximum atomic E-state index is 5.84. The minimum atomic E-state index is 0.299. The van der Waals surface area contributed by atoms with Gasteiger partial charge < -0.3 is 14.8 Å². The molecule has 0 saturated heterocycles. The van der Waals surface area contributed by atoms with Gasteiger partial charge in [-0.2, -0.15) is 0 Å². The topological polar surface area (TPSA) is 30.5 Å². The van der Waals surface area contributed by atoms with Gasteiger partial charge in [0.2, 0.25) is 0 Å². The Hall–Kier alpha value is -1.06. The lowest BCUT2D eigenvalue weighted by Gasteiger charge is -2.15. The summed E-state index contributed by atoms with van der Waals surface area (Å²) in [5.41, 5.74) is 2.37. The highest BCUT2D eigenvalue weighted by Gasteiger charge is 2.07. The van der Waals surface area contributed by atoms with Crippen LogP contribution < -0.4 is 10.1 Å². The van der Waals surface area contributed by atoms with Crippen molar-refractivity contribution in [2.24, 2.45) is 0 Å². The van der Waals surface area contributed by atoms with E-state index in [0.717, 1.165) is 30.7 Å². The molecule has 0 spiro atoms. The number of hydrogen-bond acceptors (Lipinski definition) is 3. The standard InChI is InChI=1S/C15H25NO2/c1-5-6-12(2)18-11-14-9-13(10-16-3)7-8-15(14)17-4/h7-9,12,16H,5-6,10-11H2,1-4H3. The van der Waals surface area contributed by atoms with E-state index in [-0.39, 0.29) is 0 Å². The number of benzene rings is 1. The second kappa shape index (κ2) is 8.11. The van der Waals surface area contributed by atoms with E-state index in [4.69, 9.17) is 9.47 Å². The molecular weight excluding hydrogens is 226 g/mol. The third-order valence-electron chi connectivity index (χ3n) is 2.94. The SMILES string of the molecule is CCCC(C)OCc1cc(CNC)ccc1OC. The average Bonchev–Trinajstić information content (AvgIpc) is 2.37. The van der Waals surface area contributed by atoms with E-state index in [1.165, 1.54) is 5.56 Å². The van der Waals surface area contributed by atoms with Crippen LogP contribution in [0.4, 0.5) is 0 Å². The molecule has 0 heterocycles. The van der Waals surface area contributed by atoms with Crippen LogP contribution in [0, 0.1) is 0 Å². The molecule has 0 aromatic heterocycles. The zero-order chi connectivity index (χ0) is 13.4. The van der Waals surface area contributed by atoms with Gasteiger partial charge in [-0.05, 0) is 38.1 Å². The molecular formula is C15H25NO2. The molecule has 0 amide bonds. The van der Waals surface area contributed by atoms with Gasteiger partial charge in [-0.3, -0.25) is 0 Å². The van der Waals surface area contributed by atoms with Crippen molar-refractivity contribution in [1.29, 1.82) is 0 Å². The predicted molar refractivity (Wildman–Crippen MR) is 74.9 cm³/mol. The predicted octanol–water partition coefficient (Wildman–Crippen LogP) is 3.12. The van der Waals surface area contributed by atoms with Crippen molar-refractivity contribution in [2.45, 2.75) is 45.9 Å². The highest BCUT2D eigenvalue weighted by atomic mass is 16.5. The summed E-state index contributed by atoms with van der Waals surface area (Å²) in [6.07, 6.45) is 2.55. The highest BCUT2D eigenvalue weighted by Crippen LogP contribution is 2.21. The van der Waals surface area contributed by atoms with Crippen LogP contribution in [0.3, 0.4) is 0 Å². The molecule has 0 bridgehead atoms. The fourth-order valence-corrected chi connectivity index (χ4v) is 1.98. The summed E-state index contributed by atoms with van der Waals surface area (Å²) in [5.74, 6) is 0.901. The van der Waals surface area contributed by atoms with Crippen LogP contribution in [0.5, 0.6) is 5.75 Å². The van der Waals surface area contributed by atoms with Crippen molar-refractivity contribution in [3.63, 3.8) is 0 Å². The van der Waals surface area contributed by atoms with Gasteiger partial charge in [-0.1, -0.05) is 19.4 Å². The minimum Gasteiger partial charge on any atom is -0.496 e. The fraction of sp³-hybridized carbons (Fsp3) is 0.600. The van der Waals surface area contributed by atoms with E-state index >= 15 is 0 Å². The van der Waals surface area contributed by atoms with Gasteiger partial charge in [-0.25, -0.2) is 0 Å². The molecule has 0 aliphatic rings. The molecule has 0 radical (unpaired) electrons. The molecule has 1 aromatic carbocycles. The Morgan fingerprint density at radius 1 is 1.33 bits per heavy atom. The first-order valence-electron chi connectivity index (χ1n) is 6.63. The summed E-state index contributed by atoms with van der Waals surface area (Å²) in [6, 6.07) is 6.23. The lowest BCUT2D eigenvalue weighted by Crippen LogP contribution is -2.09. The second-order valence-corrected chi connectivity index (χ2v) is 4.59. The first-order valence-corrected chi connectivity index (χ1v) is 6.63. The van der Waals surface area contributed by atoms with Gasteiger partial charge in [0, 0.05) is 12.1 Å². The maximum absolute atomic E-state index is 5.84. The average molecular weight is 251 g/mol. The highest BCUT2D eigenvalue weighted by molar-refractivity contribution is 5.36. The van der Waals surface area contributed by atoms with Crippen LogP contribution in [0.1, 0.15) is 37.8 Å². The van der Waals surface area contributed by atoms with Gasteiger partial charge in [0.05, 0.1) is 19.8 Å². The van der Waals surface area contributed by atoms with E-state index in [0.29, 0.717) is 12.7 Å². The maximum Gasteiger partial charge on any atom is 0.124 e. The first kappa shape index (κ1) is 15.0. The molecule has 0 saturated carbocycles. The zero-order valence-corrected chi connectivity index (χ0v) is 12.0. The number of hydrogen-bond donors (Lipinski definition) is 1. The van der Waals surface area contributed by atoms with Crippen LogP contribution in [0.2, 0.25) is 0 Å². The van der Waals surface area contributed by atoms with Gasteiger partial charge >= 0.3 is 0 Å². The normalized spacial score (nSPS) is 12.4. The van der Waals surface area contributed by atoms with Crippen molar-refractivity contribution in [3.8, 4) is 5.75 Å². The summed E-state index contributed by atoms with van der Waals surface area (Å²) >= 11 is 0. The van der Waals surface area contributed by atoms with Crippen LogP contribution in [-0.4, -0.2) is 20.3 Å². The molecule has 0 fully saturated rings. The van der Waals surface area contributed by atoms with Crippen LogP contribution in [0.15, 0.2) is 18.2 Å². The molecule has 1 aromatic rings. The number of rotatable bonds is 8. The summed E-state index contributed by atoms with van der Waals surface area (Å²) in [4.78, 5) is 0. The van der Waals surface area contributed by atoms with E-state index in [2.05, 4.69) is 31.3 Å². The molecule has 1 N–H and O–H groups in total. The summed E-state index contributed by atoms with van der Waals surface area (Å²) in [6.45, 7) is 5.77. The van der Waals surface area contributed by atoms with Gasteiger partial charge in [-0.15, -0.1) is 0 Å². The van der Waals surface area contributed by atoms with Crippen molar-refractivity contribution in [2.75, 3.05) is 14.2 Å². The van der Waals surface area contributed by atoms with Crippen molar-refractivity contribution in [3.05, 3.63) is 29.3 Å².